The number of amides is 1. The van der Waals surface area contributed by atoms with Gasteiger partial charge in [0.25, 0.3) is 0 Å². The van der Waals surface area contributed by atoms with Crippen LogP contribution in [0.5, 0.6) is 0 Å². The molecule has 1 atom stereocenters. The third-order valence-corrected chi connectivity index (χ3v) is 4.40. The molecule has 82 valence electrons. The molecular weight excluding hydrogens is 291 g/mol. The number of alkyl halides is 1. The van der Waals surface area contributed by atoms with Crippen molar-refractivity contribution in [3.8, 4) is 0 Å². The summed E-state index contributed by atoms with van der Waals surface area (Å²) in [5, 5.41) is 0. The maximum atomic E-state index is 11.4. The van der Waals surface area contributed by atoms with Crippen molar-refractivity contribution in [3.63, 3.8) is 0 Å². The average molecular weight is 310 g/mol. The lowest BCUT2D eigenvalue weighted by atomic mass is 10.00. The van der Waals surface area contributed by atoms with E-state index >= 15 is 0 Å². The molecule has 1 rings (SSSR count). The van der Waals surface area contributed by atoms with Crippen LogP contribution in [0.4, 0.5) is 0 Å². The van der Waals surface area contributed by atoms with E-state index in [0.29, 0.717) is 5.92 Å². The Morgan fingerprint density at radius 2 is 2.21 bits per heavy atom. The highest BCUT2D eigenvalue weighted by atomic mass is 127. The summed E-state index contributed by atoms with van der Waals surface area (Å²) in [5.41, 5.74) is 5.48. The lowest BCUT2D eigenvalue weighted by molar-refractivity contribution is -0.125. The molecule has 0 aromatic heterocycles. The number of rotatable bonds is 3. The number of piperidine rings is 1. The number of halogens is 1. The highest BCUT2D eigenvalue weighted by Gasteiger charge is 2.41. The summed E-state index contributed by atoms with van der Waals surface area (Å²) < 4.78 is -0.430. The van der Waals surface area contributed by atoms with E-state index < -0.39 is 3.55 Å². The number of primary amides is 1. The second kappa shape index (κ2) is 4.79. The van der Waals surface area contributed by atoms with Gasteiger partial charge in [0.05, 0.1) is 0 Å². The van der Waals surface area contributed by atoms with Gasteiger partial charge in [-0.15, -0.1) is 0 Å². The van der Waals surface area contributed by atoms with Gasteiger partial charge in [0.1, 0.15) is 0 Å². The molecule has 1 amide bonds. The van der Waals surface area contributed by atoms with Gasteiger partial charge in [0.2, 0.25) is 5.91 Å². The van der Waals surface area contributed by atoms with Crippen LogP contribution in [-0.4, -0.2) is 27.4 Å². The lowest BCUT2D eigenvalue weighted by Gasteiger charge is -2.41. The molecule has 1 unspecified atom stereocenters. The van der Waals surface area contributed by atoms with Crippen molar-refractivity contribution in [3.05, 3.63) is 0 Å². The van der Waals surface area contributed by atoms with Crippen LogP contribution in [0.2, 0.25) is 0 Å². The van der Waals surface area contributed by atoms with Gasteiger partial charge in [0, 0.05) is 6.54 Å². The van der Waals surface area contributed by atoms with Gasteiger partial charge in [-0.3, -0.25) is 9.69 Å². The number of carbonyl (C=O) groups is 1. The van der Waals surface area contributed by atoms with Gasteiger partial charge < -0.3 is 5.73 Å². The van der Waals surface area contributed by atoms with E-state index in [2.05, 4.69) is 41.3 Å². The maximum absolute atomic E-state index is 11.4. The molecule has 1 aliphatic rings. The maximum Gasteiger partial charge on any atom is 0.248 e. The molecule has 1 fully saturated rings. The van der Waals surface area contributed by atoms with Gasteiger partial charge in [-0.1, -0.05) is 36.4 Å². The van der Waals surface area contributed by atoms with Crippen molar-refractivity contribution in [1.29, 1.82) is 0 Å². The fourth-order valence-corrected chi connectivity index (χ4v) is 2.77. The van der Waals surface area contributed by atoms with Gasteiger partial charge >= 0.3 is 0 Å². The fraction of sp³-hybridized carbons (Fsp3) is 0.900. The van der Waals surface area contributed by atoms with E-state index in [9.17, 15) is 4.79 Å². The van der Waals surface area contributed by atoms with Crippen LogP contribution in [0.3, 0.4) is 0 Å². The largest absolute Gasteiger partial charge is 0.367 e. The van der Waals surface area contributed by atoms with E-state index in [1.54, 1.807) is 0 Å². The molecule has 1 saturated heterocycles. The fourth-order valence-electron chi connectivity index (χ4n) is 1.95. The molecule has 0 saturated carbocycles. The minimum atomic E-state index is -0.430. The normalized spacial score (nSPS) is 29.4. The van der Waals surface area contributed by atoms with Crippen molar-refractivity contribution < 1.29 is 4.79 Å². The Labute approximate surface area is 99.5 Å². The first kappa shape index (κ1) is 12.2. The van der Waals surface area contributed by atoms with Crippen molar-refractivity contribution in [2.45, 2.75) is 36.7 Å². The smallest absolute Gasteiger partial charge is 0.248 e. The zero-order chi connectivity index (χ0) is 10.8. The monoisotopic (exact) mass is 310 g/mol. The van der Waals surface area contributed by atoms with Crippen LogP contribution in [0.1, 0.15) is 33.1 Å². The summed E-state index contributed by atoms with van der Waals surface area (Å²) in [7, 11) is 0. The molecule has 0 spiro atoms. The number of hydrogen-bond acceptors (Lipinski definition) is 2. The Hall–Kier alpha value is 0.160. The van der Waals surface area contributed by atoms with Crippen LogP contribution >= 0.6 is 22.6 Å². The zero-order valence-corrected chi connectivity index (χ0v) is 11.1. The first-order chi connectivity index (χ1) is 6.47. The van der Waals surface area contributed by atoms with E-state index in [4.69, 9.17) is 5.73 Å². The Bertz CT molecular complexity index is 220. The lowest BCUT2D eigenvalue weighted by Crippen LogP contribution is -2.56. The molecule has 2 N–H and O–H groups in total. The van der Waals surface area contributed by atoms with Gasteiger partial charge in [0.15, 0.2) is 3.55 Å². The Balaban J connectivity index is 2.72. The van der Waals surface area contributed by atoms with Gasteiger partial charge in [-0.25, -0.2) is 0 Å². The topological polar surface area (TPSA) is 46.3 Å². The van der Waals surface area contributed by atoms with Crippen LogP contribution in [0.15, 0.2) is 0 Å². The molecule has 1 aliphatic heterocycles. The van der Waals surface area contributed by atoms with E-state index in [-0.39, 0.29) is 5.91 Å². The summed E-state index contributed by atoms with van der Waals surface area (Å²) >= 11 is 2.23. The number of nitrogens with two attached hydrogens (primary N) is 1. The Morgan fingerprint density at radius 1 is 1.57 bits per heavy atom. The Morgan fingerprint density at radius 3 is 2.71 bits per heavy atom. The Kier molecular flexibility index (Phi) is 4.18. The quantitative estimate of drug-likeness (QED) is 0.490. The number of carbonyl (C=O) groups excluding carboxylic acids is 1. The molecule has 0 aromatic carbocycles. The summed E-state index contributed by atoms with van der Waals surface area (Å²) in [6, 6.07) is 0. The third kappa shape index (κ3) is 2.59. The highest BCUT2D eigenvalue weighted by molar-refractivity contribution is 14.1. The second-order valence-corrected chi connectivity index (χ2v) is 6.21. The molecule has 4 heteroatoms. The second-order valence-electron chi connectivity index (χ2n) is 4.42. The van der Waals surface area contributed by atoms with Crippen molar-refractivity contribution in [2.75, 3.05) is 13.1 Å². The highest BCUT2D eigenvalue weighted by Crippen LogP contribution is 2.34. The van der Waals surface area contributed by atoms with Crippen LogP contribution < -0.4 is 5.73 Å². The predicted octanol–water partition coefficient (Wildman–Crippen LogP) is 1.74. The van der Waals surface area contributed by atoms with Crippen LogP contribution in [0, 0.1) is 5.92 Å². The number of nitrogens with zero attached hydrogens (tertiary/aromatic N) is 1. The minimum Gasteiger partial charge on any atom is -0.367 e. The minimum absolute atomic E-state index is 0.182. The molecule has 0 aromatic rings. The third-order valence-electron chi connectivity index (χ3n) is 2.65. The summed E-state index contributed by atoms with van der Waals surface area (Å²) in [5.74, 6) is 0.403. The average Bonchev–Trinajstić information content (AvgIpc) is 2.08. The predicted molar refractivity (Wildman–Crippen MR) is 66.2 cm³/mol. The summed E-state index contributed by atoms with van der Waals surface area (Å²) in [6.45, 7) is 6.31. The summed E-state index contributed by atoms with van der Waals surface area (Å²) in [4.78, 5) is 13.7. The van der Waals surface area contributed by atoms with E-state index in [1.807, 2.05) is 0 Å². The van der Waals surface area contributed by atoms with Gasteiger partial charge in [-0.05, 0) is 31.7 Å². The number of likely N-dealkylation sites (tertiary alicyclic amines) is 1. The van der Waals surface area contributed by atoms with Crippen LogP contribution in [0.25, 0.3) is 0 Å². The summed E-state index contributed by atoms with van der Waals surface area (Å²) in [6.07, 6.45) is 3.20. The first-order valence-corrected chi connectivity index (χ1v) is 6.28. The van der Waals surface area contributed by atoms with E-state index in [1.165, 1.54) is 6.42 Å². The molecular formula is C10H19IN2O. The van der Waals surface area contributed by atoms with Crippen LogP contribution in [-0.2, 0) is 4.79 Å². The molecule has 3 nitrogen and oxygen atoms in total. The van der Waals surface area contributed by atoms with Crippen molar-refractivity contribution in [2.24, 2.45) is 11.7 Å². The first-order valence-electron chi connectivity index (χ1n) is 5.20. The standard InChI is InChI=1S/C10H19IN2O/c1-8(2)7-13-6-4-3-5-10(13,11)9(12)14/h8H,3-7H2,1-2H3,(H2,12,14). The molecule has 0 bridgehead atoms. The SMILES string of the molecule is CC(C)CN1CCCCC1(I)C(N)=O. The van der Waals surface area contributed by atoms with Crippen molar-refractivity contribution >= 4 is 28.5 Å². The number of hydrogen-bond donors (Lipinski definition) is 1. The molecule has 1 heterocycles. The molecule has 14 heavy (non-hydrogen) atoms. The molecule has 0 radical (unpaired) electrons. The molecule has 0 aliphatic carbocycles. The van der Waals surface area contributed by atoms with E-state index in [0.717, 1.165) is 25.9 Å². The zero-order valence-electron chi connectivity index (χ0n) is 8.92. The van der Waals surface area contributed by atoms with Crippen molar-refractivity contribution in [1.82, 2.24) is 4.90 Å². The van der Waals surface area contributed by atoms with Gasteiger partial charge in [-0.2, -0.15) is 0 Å².